The van der Waals surface area contributed by atoms with Crippen LogP contribution in [-0.2, 0) is 28.8 Å². The number of aromatic amines is 1. The first-order valence-corrected chi connectivity index (χ1v) is 10.2. The van der Waals surface area contributed by atoms with Crippen molar-refractivity contribution in [3.63, 3.8) is 0 Å². The Balaban J connectivity index is 1.49. The van der Waals surface area contributed by atoms with E-state index in [1.54, 1.807) is 30.4 Å². The molecule has 1 spiro atoms. The average Bonchev–Trinajstić information content (AvgIpc) is 3.34. The van der Waals surface area contributed by atoms with E-state index >= 15 is 0 Å². The monoisotopic (exact) mass is 438 g/mol. The van der Waals surface area contributed by atoms with Crippen LogP contribution in [0.25, 0.3) is 0 Å². The summed E-state index contributed by atoms with van der Waals surface area (Å²) in [5.41, 5.74) is -1.13. The second-order valence-corrected chi connectivity index (χ2v) is 8.30. The van der Waals surface area contributed by atoms with Crippen molar-refractivity contribution in [2.75, 3.05) is 33.4 Å². The highest BCUT2D eigenvalue weighted by Gasteiger charge is 2.51. The maximum atomic E-state index is 13.4. The van der Waals surface area contributed by atoms with Gasteiger partial charge in [-0.1, -0.05) is 0 Å². The van der Waals surface area contributed by atoms with Crippen molar-refractivity contribution in [2.45, 2.75) is 32.1 Å². The van der Waals surface area contributed by atoms with Crippen LogP contribution in [0.2, 0.25) is 0 Å². The van der Waals surface area contributed by atoms with Gasteiger partial charge >= 0.3 is 6.18 Å². The average molecular weight is 438 g/mol. The number of alkyl halides is 3. The number of aromatic nitrogens is 4. The van der Waals surface area contributed by atoms with Crippen molar-refractivity contribution in [1.29, 1.82) is 0 Å². The molecule has 168 valence electrons. The molecular weight excluding hydrogens is 413 g/mol. The van der Waals surface area contributed by atoms with E-state index in [4.69, 9.17) is 4.74 Å². The van der Waals surface area contributed by atoms with E-state index in [0.717, 1.165) is 19.0 Å². The van der Waals surface area contributed by atoms with Crippen LogP contribution in [0, 0.1) is 11.3 Å². The molecule has 8 nitrogen and oxygen atoms in total. The van der Waals surface area contributed by atoms with Gasteiger partial charge in [-0.05, 0) is 18.9 Å². The molecule has 0 bridgehead atoms. The molecule has 1 unspecified atom stereocenters. The zero-order valence-corrected chi connectivity index (χ0v) is 17.2. The number of imidazole rings is 1. The van der Waals surface area contributed by atoms with Crippen LogP contribution in [0.3, 0.4) is 0 Å². The Kier molecular flexibility index (Phi) is 5.98. The van der Waals surface area contributed by atoms with Crippen molar-refractivity contribution < 1.29 is 22.7 Å². The lowest BCUT2D eigenvalue weighted by Gasteiger charge is -2.38. The van der Waals surface area contributed by atoms with Gasteiger partial charge < -0.3 is 14.6 Å². The minimum absolute atomic E-state index is 0.00715. The van der Waals surface area contributed by atoms with E-state index in [-0.39, 0.29) is 29.6 Å². The quantitative estimate of drug-likeness (QED) is 0.770. The summed E-state index contributed by atoms with van der Waals surface area (Å²) >= 11 is 0. The van der Waals surface area contributed by atoms with Gasteiger partial charge in [0.25, 0.3) is 0 Å². The lowest BCUT2D eigenvalue weighted by molar-refractivity contribution is -0.141. The molecule has 1 atom stereocenters. The summed E-state index contributed by atoms with van der Waals surface area (Å²) < 4.78 is 44.2. The van der Waals surface area contributed by atoms with Crippen LogP contribution in [0.15, 0.2) is 24.7 Å². The van der Waals surface area contributed by atoms with Crippen molar-refractivity contribution in [3.05, 3.63) is 42.0 Å². The molecule has 4 heterocycles. The fourth-order valence-electron chi connectivity index (χ4n) is 4.58. The molecule has 2 aliphatic heterocycles. The van der Waals surface area contributed by atoms with Crippen LogP contribution in [-0.4, -0.2) is 69.0 Å². The summed E-state index contributed by atoms with van der Waals surface area (Å²) in [5.74, 6) is 0.521. The predicted molar refractivity (Wildman–Crippen MR) is 103 cm³/mol. The Morgan fingerprint density at radius 1 is 1.29 bits per heavy atom. The molecule has 2 aliphatic rings. The standard InChI is InChI=1S/C20H25F3N6O2/c1-28(11-16-24-5-2-6-25-16)18(30)14-10-29(13-19(14)3-7-31-8-4-19)12-17-26-9-15(27-17)20(21,22)23/h2,5-6,9,14H,3-4,7-8,10-13H2,1H3,(H,26,27). The van der Waals surface area contributed by atoms with Gasteiger partial charge in [-0.2, -0.15) is 13.2 Å². The van der Waals surface area contributed by atoms with E-state index in [2.05, 4.69) is 19.9 Å². The van der Waals surface area contributed by atoms with E-state index < -0.39 is 11.9 Å². The zero-order valence-electron chi connectivity index (χ0n) is 17.2. The number of likely N-dealkylation sites (tertiary alicyclic amines) is 1. The fourth-order valence-corrected chi connectivity index (χ4v) is 4.58. The molecular formula is C20H25F3N6O2. The number of nitrogens with one attached hydrogen (secondary N) is 1. The van der Waals surface area contributed by atoms with E-state index in [1.165, 1.54) is 0 Å². The number of carbonyl (C=O) groups excluding carboxylic acids is 1. The van der Waals surface area contributed by atoms with Crippen LogP contribution in [0.4, 0.5) is 13.2 Å². The van der Waals surface area contributed by atoms with Gasteiger partial charge in [-0.25, -0.2) is 15.0 Å². The first kappa shape index (κ1) is 21.7. The van der Waals surface area contributed by atoms with Gasteiger partial charge in [-0.15, -0.1) is 0 Å². The van der Waals surface area contributed by atoms with Crippen molar-refractivity contribution >= 4 is 5.91 Å². The van der Waals surface area contributed by atoms with Gasteiger partial charge in [0.2, 0.25) is 5.91 Å². The maximum absolute atomic E-state index is 13.4. The molecule has 0 aromatic carbocycles. The predicted octanol–water partition coefficient (Wildman–Crippen LogP) is 2.11. The highest BCUT2D eigenvalue weighted by atomic mass is 19.4. The first-order valence-electron chi connectivity index (χ1n) is 10.2. The van der Waals surface area contributed by atoms with Crippen LogP contribution >= 0.6 is 0 Å². The topological polar surface area (TPSA) is 87.2 Å². The van der Waals surface area contributed by atoms with Crippen molar-refractivity contribution in [2.24, 2.45) is 11.3 Å². The van der Waals surface area contributed by atoms with Gasteiger partial charge in [0.1, 0.15) is 17.3 Å². The van der Waals surface area contributed by atoms with E-state index in [9.17, 15) is 18.0 Å². The minimum atomic E-state index is -4.46. The fraction of sp³-hybridized carbons (Fsp3) is 0.600. The first-order chi connectivity index (χ1) is 14.8. The number of amides is 1. The largest absolute Gasteiger partial charge is 0.432 e. The third kappa shape index (κ3) is 4.72. The molecule has 2 aromatic rings. The molecule has 1 N–H and O–H groups in total. The third-order valence-corrected chi connectivity index (χ3v) is 6.19. The summed E-state index contributed by atoms with van der Waals surface area (Å²) in [6.45, 7) is 2.75. The van der Waals surface area contributed by atoms with Gasteiger partial charge in [0.05, 0.1) is 25.2 Å². The Morgan fingerprint density at radius 2 is 2.00 bits per heavy atom. The summed E-state index contributed by atoms with van der Waals surface area (Å²) in [7, 11) is 1.73. The number of H-pyrrole nitrogens is 1. The number of nitrogens with zero attached hydrogens (tertiary/aromatic N) is 5. The van der Waals surface area contributed by atoms with E-state index in [1.807, 2.05) is 4.90 Å². The molecule has 11 heteroatoms. The number of carbonyl (C=O) groups is 1. The second kappa shape index (κ2) is 8.54. The SMILES string of the molecule is CN(Cc1ncccn1)C(=O)C1CN(Cc2ncc(C(F)(F)F)[nH]2)CC12CCOCC2. The summed E-state index contributed by atoms with van der Waals surface area (Å²) in [5, 5.41) is 0. The van der Waals surface area contributed by atoms with Crippen molar-refractivity contribution in [3.8, 4) is 0 Å². The number of ether oxygens (including phenoxy) is 1. The highest BCUT2D eigenvalue weighted by Crippen LogP contribution is 2.45. The molecule has 2 saturated heterocycles. The molecule has 0 radical (unpaired) electrons. The van der Waals surface area contributed by atoms with Gasteiger partial charge in [0.15, 0.2) is 0 Å². The molecule has 0 aliphatic carbocycles. The van der Waals surface area contributed by atoms with E-state index in [0.29, 0.717) is 38.7 Å². The minimum Gasteiger partial charge on any atom is -0.381 e. The normalized spacial score (nSPS) is 21.5. The number of rotatable bonds is 5. The summed E-state index contributed by atoms with van der Waals surface area (Å²) in [6, 6.07) is 1.72. The zero-order chi connectivity index (χ0) is 22.1. The smallest absolute Gasteiger partial charge is 0.381 e. The Bertz CT molecular complexity index is 898. The van der Waals surface area contributed by atoms with Crippen molar-refractivity contribution in [1.82, 2.24) is 29.7 Å². The summed E-state index contributed by atoms with van der Waals surface area (Å²) in [4.78, 5) is 31.6. The lowest BCUT2D eigenvalue weighted by Crippen LogP contribution is -2.45. The Morgan fingerprint density at radius 3 is 2.65 bits per heavy atom. The lowest BCUT2D eigenvalue weighted by atomic mass is 9.71. The number of halogens is 3. The Labute approximate surface area is 177 Å². The second-order valence-electron chi connectivity index (χ2n) is 8.30. The van der Waals surface area contributed by atoms with Crippen LogP contribution < -0.4 is 0 Å². The van der Waals surface area contributed by atoms with Crippen LogP contribution in [0.1, 0.15) is 30.2 Å². The Hall–Kier alpha value is -2.53. The maximum Gasteiger partial charge on any atom is 0.432 e. The molecule has 2 aromatic heterocycles. The summed E-state index contributed by atoms with van der Waals surface area (Å²) in [6.07, 6.45) is 1.10. The molecule has 2 fully saturated rings. The molecule has 4 rings (SSSR count). The van der Waals surface area contributed by atoms with Gasteiger partial charge in [-0.3, -0.25) is 9.69 Å². The molecule has 31 heavy (non-hydrogen) atoms. The number of hydrogen-bond acceptors (Lipinski definition) is 6. The number of hydrogen-bond donors (Lipinski definition) is 1. The third-order valence-electron chi connectivity index (χ3n) is 6.19. The molecule has 0 saturated carbocycles. The highest BCUT2D eigenvalue weighted by molar-refractivity contribution is 5.80. The van der Waals surface area contributed by atoms with Crippen LogP contribution in [0.5, 0.6) is 0 Å². The molecule has 1 amide bonds. The van der Waals surface area contributed by atoms with Gasteiger partial charge in [0, 0.05) is 51.2 Å².